The molecule has 3 heteroatoms. The molecule has 72 valence electrons. The van der Waals surface area contributed by atoms with Crippen molar-refractivity contribution in [1.29, 1.82) is 0 Å². The van der Waals surface area contributed by atoms with Crippen molar-refractivity contribution < 1.29 is 0 Å². The lowest BCUT2D eigenvalue weighted by atomic mass is 10.1. The molecule has 0 aliphatic rings. The molecule has 0 amide bonds. The summed E-state index contributed by atoms with van der Waals surface area (Å²) in [6.07, 6.45) is 2.73. The summed E-state index contributed by atoms with van der Waals surface area (Å²) in [5.74, 6) is 1.33. The van der Waals surface area contributed by atoms with Gasteiger partial charge in [0.15, 0.2) is 0 Å². The van der Waals surface area contributed by atoms with Gasteiger partial charge in [0.25, 0.3) is 0 Å². The van der Waals surface area contributed by atoms with Gasteiger partial charge in [-0.25, -0.2) is 9.97 Å². The lowest BCUT2D eigenvalue weighted by Crippen LogP contribution is -2.08. The van der Waals surface area contributed by atoms with Crippen molar-refractivity contribution in [3.05, 3.63) is 23.3 Å². The maximum absolute atomic E-state index is 5.60. The van der Waals surface area contributed by atoms with Crippen LogP contribution in [0.4, 0.5) is 0 Å². The van der Waals surface area contributed by atoms with E-state index in [1.165, 1.54) is 0 Å². The fourth-order valence-corrected chi connectivity index (χ4v) is 1.29. The molecule has 0 unspecified atom stereocenters. The van der Waals surface area contributed by atoms with Crippen molar-refractivity contribution in [3.8, 4) is 0 Å². The van der Waals surface area contributed by atoms with Crippen LogP contribution < -0.4 is 5.73 Å². The van der Waals surface area contributed by atoms with Crippen LogP contribution in [0, 0.1) is 0 Å². The van der Waals surface area contributed by atoms with Crippen molar-refractivity contribution in [2.24, 2.45) is 5.73 Å². The first-order chi connectivity index (χ1) is 6.19. The highest BCUT2D eigenvalue weighted by Gasteiger charge is 2.08. The molecule has 1 aromatic heterocycles. The zero-order valence-electron chi connectivity index (χ0n) is 8.54. The summed E-state index contributed by atoms with van der Waals surface area (Å²) >= 11 is 0. The van der Waals surface area contributed by atoms with Crippen LogP contribution in [0.2, 0.25) is 0 Å². The van der Waals surface area contributed by atoms with E-state index < -0.39 is 0 Å². The molecule has 0 saturated heterocycles. The quantitative estimate of drug-likeness (QED) is 0.767. The van der Waals surface area contributed by atoms with E-state index in [0.29, 0.717) is 12.5 Å². The zero-order chi connectivity index (χ0) is 9.84. The normalized spacial score (nSPS) is 10.8. The Hall–Kier alpha value is -0.960. The third-order valence-corrected chi connectivity index (χ3v) is 2.03. The Kier molecular flexibility index (Phi) is 3.37. The number of rotatable bonds is 3. The molecule has 1 aromatic rings. The number of hydrogen-bond acceptors (Lipinski definition) is 3. The number of nitrogens with two attached hydrogens (primary N) is 1. The largest absolute Gasteiger partial charge is 0.326 e. The summed E-state index contributed by atoms with van der Waals surface area (Å²) in [7, 11) is 0. The Morgan fingerprint density at radius 2 is 2.15 bits per heavy atom. The van der Waals surface area contributed by atoms with Gasteiger partial charge in [0.2, 0.25) is 0 Å². The fraction of sp³-hybridized carbons (Fsp3) is 0.600. The molecule has 13 heavy (non-hydrogen) atoms. The predicted molar refractivity (Wildman–Crippen MR) is 53.4 cm³/mol. The lowest BCUT2D eigenvalue weighted by molar-refractivity contribution is 0.759. The van der Waals surface area contributed by atoms with Crippen molar-refractivity contribution in [2.75, 3.05) is 0 Å². The minimum atomic E-state index is 0.423. The second-order valence-electron chi connectivity index (χ2n) is 3.41. The van der Waals surface area contributed by atoms with Crippen molar-refractivity contribution in [1.82, 2.24) is 9.97 Å². The first-order valence-corrected chi connectivity index (χ1v) is 4.73. The molecule has 1 heterocycles. The van der Waals surface area contributed by atoms with Gasteiger partial charge in [0.1, 0.15) is 5.82 Å². The Morgan fingerprint density at radius 3 is 2.62 bits per heavy atom. The highest BCUT2D eigenvalue weighted by Crippen LogP contribution is 2.15. The third kappa shape index (κ3) is 2.25. The van der Waals surface area contributed by atoms with Gasteiger partial charge < -0.3 is 5.73 Å². The summed E-state index contributed by atoms with van der Waals surface area (Å²) < 4.78 is 0. The molecule has 2 N–H and O–H groups in total. The number of aromatic nitrogens is 2. The van der Waals surface area contributed by atoms with Crippen molar-refractivity contribution in [3.63, 3.8) is 0 Å². The average molecular weight is 179 g/mol. The average Bonchev–Trinajstić information content (AvgIpc) is 2.16. The molecule has 0 spiro atoms. The zero-order valence-corrected chi connectivity index (χ0v) is 8.54. The number of hydrogen-bond donors (Lipinski definition) is 1. The maximum atomic E-state index is 5.60. The lowest BCUT2D eigenvalue weighted by Gasteiger charge is -2.10. The summed E-state index contributed by atoms with van der Waals surface area (Å²) in [4.78, 5) is 8.69. The summed E-state index contributed by atoms with van der Waals surface area (Å²) in [5.41, 5.74) is 7.75. The Balaban J connectivity index is 3.10. The van der Waals surface area contributed by atoms with Gasteiger partial charge in [0, 0.05) is 24.7 Å². The van der Waals surface area contributed by atoms with Crippen LogP contribution in [0.1, 0.15) is 43.8 Å². The second kappa shape index (κ2) is 4.33. The van der Waals surface area contributed by atoms with Gasteiger partial charge in [-0.15, -0.1) is 0 Å². The SMILES string of the molecule is CCc1ncc(CN)c(C(C)C)n1. The minimum absolute atomic E-state index is 0.423. The Morgan fingerprint density at radius 1 is 1.46 bits per heavy atom. The highest BCUT2D eigenvalue weighted by atomic mass is 14.9. The second-order valence-corrected chi connectivity index (χ2v) is 3.41. The smallest absolute Gasteiger partial charge is 0.128 e. The van der Waals surface area contributed by atoms with Gasteiger partial charge in [-0.2, -0.15) is 0 Å². The van der Waals surface area contributed by atoms with Crippen LogP contribution in [0.3, 0.4) is 0 Å². The molecule has 0 aliphatic heterocycles. The molecule has 0 atom stereocenters. The Bertz CT molecular complexity index is 281. The van der Waals surface area contributed by atoms with Crippen LogP contribution in [-0.2, 0) is 13.0 Å². The van der Waals surface area contributed by atoms with Gasteiger partial charge in [-0.3, -0.25) is 0 Å². The van der Waals surface area contributed by atoms with Crippen LogP contribution >= 0.6 is 0 Å². The summed E-state index contributed by atoms with van der Waals surface area (Å²) in [5, 5.41) is 0. The van der Waals surface area contributed by atoms with Crippen molar-refractivity contribution >= 4 is 0 Å². The van der Waals surface area contributed by atoms with E-state index in [1.807, 2.05) is 6.20 Å². The molecule has 0 bridgehead atoms. The molecule has 0 saturated carbocycles. The first-order valence-electron chi connectivity index (χ1n) is 4.73. The van der Waals surface area contributed by atoms with E-state index in [1.54, 1.807) is 0 Å². The molecule has 3 nitrogen and oxygen atoms in total. The van der Waals surface area contributed by atoms with Crippen molar-refractivity contribution in [2.45, 2.75) is 39.7 Å². The predicted octanol–water partition coefficient (Wildman–Crippen LogP) is 1.62. The van der Waals surface area contributed by atoms with Crippen LogP contribution in [0.5, 0.6) is 0 Å². The number of aryl methyl sites for hydroxylation is 1. The van der Waals surface area contributed by atoms with E-state index in [9.17, 15) is 0 Å². The molecule has 0 aromatic carbocycles. The summed E-state index contributed by atoms with van der Waals surface area (Å²) in [6.45, 7) is 6.83. The Labute approximate surface area is 79.4 Å². The van der Waals surface area contributed by atoms with Crippen LogP contribution in [-0.4, -0.2) is 9.97 Å². The van der Waals surface area contributed by atoms with Gasteiger partial charge in [0.05, 0.1) is 5.69 Å². The van der Waals surface area contributed by atoms with E-state index in [2.05, 4.69) is 30.7 Å². The van der Waals surface area contributed by atoms with Gasteiger partial charge in [-0.1, -0.05) is 20.8 Å². The fourth-order valence-electron chi connectivity index (χ4n) is 1.29. The van der Waals surface area contributed by atoms with E-state index in [0.717, 1.165) is 23.5 Å². The van der Waals surface area contributed by atoms with E-state index in [4.69, 9.17) is 5.73 Å². The van der Waals surface area contributed by atoms with Gasteiger partial charge in [-0.05, 0) is 5.92 Å². The minimum Gasteiger partial charge on any atom is -0.326 e. The molecular weight excluding hydrogens is 162 g/mol. The summed E-state index contributed by atoms with van der Waals surface area (Å²) in [6, 6.07) is 0. The van der Waals surface area contributed by atoms with E-state index in [-0.39, 0.29) is 0 Å². The molecule has 0 fully saturated rings. The number of nitrogens with zero attached hydrogens (tertiary/aromatic N) is 2. The van der Waals surface area contributed by atoms with Crippen LogP contribution in [0.25, 0.3) is 0 Å². The van der Waals surface area contributed by atoms with Gasteiger partial charge >= 0.3 is 0 Å². The van der Waals surface area contributed by atoms with E-state index >= 15 is 0 Å². The molecule has 1 rings (SSSR count). The topological polar surface area (TPSA) is 51.8 Å². The molecule has 0 radical (unpaired) electrons. The highest BCUT2D eigenvalue weighted by molar-refractivity contribution is 5.20. The maximum Gasteiger partial charge on any atom is 0.128 e. The third-order valence-electron chi connectivity index (χ3n) is 2.03. The molecule has 0 aliphatic carbocycles. The standard InChI is InChI=1S/C10H17N3/c1-4-9-12-6-8(5-11)10(13-9)7(2)3/h6-7H,4-5,11H2,1-3H3. The first kappa shape index (κ1) is 10.1. The molecular formula is C10H17N3. The van der Waals surface area contributed by atoms with Crippen LogP contribution in [0.15, 0.2) is 6.20 Å². The monoisotopic (exact) mass is 179 g/mol.